The maximum Gasteiger partial charge on any atom is 0.251 e. The largest absolute Gasteiger partial charge is 0.494 e. The summed E-state index contributed by atoms with van der Waals surface area (Å²) in [4.78, 5) is 23.9. The summed E-state index contributed by atoms with van der Waals surface area (Å²) in [5, 5.41) is 5.40. The molecule has 2 amide bonds. The third-order valence-electron chi connectivity index (χ3n) is 3.88. The summed E-state index contributed by atoms with van der Waals surface area (Å²) >= 11 is 0. The molecule has 0 unspecified atom stereocenters. The standard InChI is InChI=1S/C21H26N2O3/c1-2-3-7-14-26-19-12-10-18(11-13-19)21(25)23-16-20(24)22-15-17-8-5-4-6-9-17/h4-6,8-13H,2-3,7,14-16H2,1H3,(H,22,24)(H,23,25). The summed E-state index contributed by atoms with van der Waals surface area (Å²) in [6.45, 7) is 3.22. The van der Waals surface area contributed by atoms with Gasteiger partial charge in [-0.25, -0.2) is 0 Å². The first kappa shape index (κ1) is 19.5. The summed E-state index contributed by atoms with van der Waals surface area (Å²) < 4.78 is 5.62. The number of nitrogens with one attached hydrogen (secondary N) is 2. The van der Waals surface area contributed by atoms with E-state index in [-0.39, 0.29) is 18.4 Å². The molecule has 0 aromatic heterocycles. The lowest BCUT2D eigenvalue weighted by Crippen LogP contribution is -2.36. The van der Waals surface area contributed by atoms with Crippen LogP contribution in [0.5, 0.6) is 5.75 Å². The number of amides is 2. The fraction of sp³-hybridized carbons (Fsp3) is 0.333. The number of carbonyl (C=O) groups excluding carboxylic acids is 2. The number of hydrogen-bond acceptors (Lipinski definition) is 3. The number of benzene rings is 2. The molecule has 2 aromatic rings. The number of rotatable bonds is 10. The molecule has 2 N–H and O–H groups in total. The lowest BCUT2D eigenvalue weighted by molar-refractivity contribution is -0.120. The van der Waals surface area contributed by atoms with Gasteiger partial charge in [-0.15, -0.1) is 0 Å². The van der Waals surface area contributed by atoms with Crippen LogP contribution in [-0.2, 0) is 11.3 Å². The first-order chi connectivity index (χ1) is 12.7. The summed E-state index contributed by atoms with van der Waals surface area (Å²) in [6.07, 6.45) is 3.32. The fourth-order valence-corrected chi connectivity index (χ4v) is 2.37. The quantitative estimate of drug-likeness (QED) is 0.643. The maximum atomic E-state index is 12.1. The molecule has 5 nitrogen and oxygen atoms in total. The van der Waals surface area contributed by atoms with Gasteiger partial charge in [0.2, 0.25) is 5.91 Å². The third-order valence-corrected chi connectivity index (χ3v) is 3.88. The lowest BCUT2D eigenvalue weighted by Gasteiger charge is -2.08. The van der Waals surface area contributed by atoms with Crippen molar-refractivity contribution in [1.82, 2.24) is 10.6 Å². The summed E-state index contributed by atoms with van der Waals surface area (Å²) in [7, 11) is 0. The van der Waals surface area contributed by atoms with Crippen LogP contribution in [-0.4, -0.2) is 25.0 Å². The second-order valence-electron chi connectivity index (χ2n) is 6.02. The van der Waals surface area contributed by atoms with Crippen molar-refractivity contribution in [2.75, 3.05) is 13.2 Å². The molecular formula is C21H26N2O3. The van der Waals surface area contributed by atoms with Crippen molar-refractivity contribution in [3.63, 3.8) is 0 Å². The number of hydrogen-bond donors (Lipinski definition) is 2. The molecule has 0 radical (unpaired) electrons. The second-order valence-corrected chi connectivity index (χ2v) is 6.02. The molecule has 0 heterocycles. The number of ether oxygens (including phenoxy) is 1. The molecule has 0 atom stereocenters. The first-order valence-electron chi connectivity index (χ1n) is 9.00. The highest BCUT2D eigenvalue weighted by atomic mass is 16.5. The van der Waals surface area contributed by atoms with Crippen LogP contribution in [0.2, 0.25) is 0 Å². The Labute approximate surface area is 154 Å². The van der Waals surface area contributed by atoms with E-state index in [4.69, 9.17) is 4.74 Å². The SMILES string of the molecule is CCCCCOc1ccc(C(=O)NCC(=O)NCc2ccccc2)cc1. The zero-order chi connectivity index (χ0) is 18.6. The Hall–Kier alpha value is -2.82. The highest BCUT2D eigenvalue weighted by Gasteiger charge is 2.08. The van der Waals surface area contributed by atoms with Crippen LogP contribution in [0.3, 0.4) is 0 Å². The monoisotopic (exact) mass is 354 g/mol. The Morgan fingerprint density at radius 1 is 0.923 bits per heavy atom. The van der Waals surface area contributed by atoms with Crippen LogP contribution < -0.4 is 15.4 Å². The van der Waals surface area contributed by atoms with Crippen molar-refractivity contribution in [3.8, 4) is 5.75 Å². The van der Waals surface area contributed by atoms with Gasteiger partial charge < -0.3 is 15.4 Å². The van der Waals surface area contributed by atoms with E-state index in [2.05, 4.69) is 17.6 Å². The van der Waals surface area contributed by atoms with Crippen LogP contribution >= 0.6 is 0 Å². The molecule has 0 spiro atoms. The highest BCUT2D eigenvalue weighted by Crippen LogP contribution is 2.13. The molecule has 5 heteroatoms. The van der Waals surface area contributed by atoms with Crippen molar-refractivity contribution >= 4 is 11.8 Å². The first-order valence-corrected chi connectivity index (χ1v) is 9.00. The minimum atomic E-state index is -0.280. The van der Waals surface area contributed by atoms with Crippen molar-refractivity contribution in [1.29, 1.82) is 0 Å². The van der Waals surface area contributed by atoms with Gasteiger partial charge in [-0.2, -0.15) is 0 Å². The van der Waals surface area contributed by atoms with Gasteiger partial charge in [-0.05, 0) is 36.2 Å². The van der Waals surface area contributed by atoms with E-state index in [1.807, 2.05) is 30.3 Å². The minimum absolute atomic E-state index is 0.0546. The van der Waals surface area contributed by atoms with E-state index in [0.717, 1.165) is 30.6 Å². The Kier molecular flexibility index (Phi) is 8.19. The van der Waals surface area contributed by atoms with Gasteiger partial charge in [0.05, 0.1) is 13.2 Å². The van der Waals surface area contributed by atoms with E-state index in [1.54, 1.807) is 24.3 Å². The molecular weight excluding hydrogens is 328 g/mol. The topological polar surface area (TPSA) is 67.4 Å². The Bertz CT molecular complexity index is 684. The fourth-order valence-electron chi connectivity index (χ4n) is 2.37. The van der Waals surface area contributed by atoms with Crippen molar-refractivity contribution in [2.24, 2.45) is 0 Å². The van der Waals surface area contributed by atoms with E-state index in [0.29, 0.717) is 18.7 Å². The van der Waals surface area contributed by atoms with Gasteiger partial charge in [-0.1, -0.05) is 50.1 Å². The van der Waals surface area contributed by atoms with Gasteiger partial charge in [0.15, 0.2) is 0 Å². The molecule has 0 saturated carbocycles. The molecule has 0 aliphatic rings. The average molecular weight is 354 g/mol. The Morgan fingerprint density at radius 3 is 2.35 bits per heavy atom. The van der Waals surface area contributed by atoms with Gasteiger partial charge >= 0.3 is 0 Å². The van der Waals surface area contributed by atoms with E-state index in [9.17, 15) is 9.59 Å². The minimum Gasteiger partial charge on any atom is -0.494 e. The molecule has 0 aliphatic carbocycles. The average Bonchev–Trinajstić information content (AvgIpc) is 2.69. The smallest absolute Gasteiger partial charge is 0.251 e. The third kappa shape index (κ3) is 6.97. The van der Waals surface area contributed by atoms with E-state index < -0.39 is 0 Å². The zero-order valence-electron chi connectivity index (χ0n) is 15.2. The van der Waals surface area contributed by atoms with Crippen LogP contribution in [0, 0.1) is 0 Å². The Balaban J connectivity index is 1.70. The molecule has 0 saturated heterocycles. The predicted molar refractivity (Wildman–Crippen MR) is 102 cm³/mol. The van der Waals surface area contributed by atoms with Crippen molar-refractivity contribution in [2.45, 2.75) is 32.7 Å². The van der Waals surface area contributed by atoms with Crippen LogP contribution in [0.15, 0.2) is 54.6 Å². The van der Waals surface area contributed by atoms with Crippen molar-refractivity contribution < 1.29 is 14.3 Å². The van der Waals surface area contributed by atoms with Crippen LogP contribution in [0.25, 0.3) is 0 Å². The van der Waals surface area contributed by atoms with Gasteiger partial charge in [0.1, 0.15) is 5.75 Å². The molecule has 26 heavy (non-hydrogen) atoms. The highest BCUT2D eigenvalue weighted by molar-refractivity contribution is 5.96. The molecule has 2 rings (SSSR count). The summed E-state index contributed by atoms with van der Waals surface area (Å²) in [5.74, 6) is 0.244. The van der Waals surface area contributed by atoms with Crippen LogP contribution in [0.1, 0.15) is 42.1 Å². The molecule has 0 aliphatic heterocycles. The van der Waals surface area contributed by atoms with E-state index >= 15 is 0 Å². The van der Waals surface area contributed by atoms with Crippen molar-refractivity contribution in [3.05, 3.63) is 65.7 Å². The molecule has 138 valence electrons. The normalized spacial score (nSPS) is 10.2. The van der Waals surface area contributed by atoms with Gasteiger partial charge in [0.25, 0.3) is 5.91 Å². The number of unbranched alkanes of at least 4 members (excludes halogenated alkanes) is 2. The van der Waals surface area contributed by atoms with Gasteiger partial charge in [0, 0.05) is 12.1 Å². The summed E-state index contributed by atoms with van der Waals surface area (Å²) in [6, 6.07) is 16.6. The molecule has 0 bridgehead atoms. The second kappa shape index (κ2) is 10.9. The number of carbonyl (C=O) groups is 2. The van der Waals surface area contributed by atoms with Gasteiger partial charge in [-0.3, -0.25) is 9.59 Å². The lowest BCUT2D eigenvalue weighted by atomic mass is 10.2. The van der Waals surface area contributed by atoms with E-state index in [1.165, 1.54) is 0 Å². The molecule has 2 aromatic carbocycles. The molecule has 0 fully saturated rings. The predicted octanol–water partition coefficient (Wildman–Crippen LogP) is 3.30. The zero-order valence-corrected chi connectivity index (χ0v) is 15.2. The maximum absolute atomic E-state index is 12.1. The summed E-state index contributed by atoms with van der Waals surface area (Å²) in [5.41, 5.74) is 1.52. The van der Waals surface area contributed by atoms with Crippen LogP contribution in [0.4, 0.5) is 0 Å². The Morgan fingerprint density at radius 2 is 1.65 bits per heavy atom.